The summed E-state index contributed by atoms with van der Waals surface area (Å²) in [5, 5.41) is -0.113. The van der Waals surface area contributed by atoms with Crippen molar-refractivity contribution in [2.45, 2.75) is 10.1 Å². The first-order valence-corrected chi connectivity index (χ1v) is 6.68. The Morgan fingerprint density at radius 2 is 2.05 bits per heavy atom. The molecule has 1 atom stereocenters. The van der Waals surface area contributed by atoms with Crippen LogP contribution in [-0.4, -0.2) is 49.3 Å². The van der Waals surface area contributed by atoms with Crippen molar-refractivity contribution in [3.8, 4) is 5.75 Å². The Kier molecular flexibility index (Phi) is 4.31. The number of thioether (sulfide) groups is 1. The fourth-order valence-corrected chi connectivity index (χ4v) is 2.85. The summed E-state index contributed by atoms with van der Waals surface area (Å²) in [6.45, 7) is 0.611. The maximum atomic E-state index is 11.8. The van der Waals surface area contributed by atoms with Crippen molar-refractivity contribution in [3.05, 3.63) is 24.3 Å². The molecule has 1 amide bonds. The standard InChI is InChI=1S/C13H15NO4S/c1-17-9-3-5-10(6-4-9)19-11-7-14(13(11)16)8-12(15)18-2/h3-6,11H,7-8H2,1-2H3. The molecule has 1 aliphatic heterocycles. The molecule has 2 rings (SSSR count). The van der Waals surface area contributed by atoms with Crippen molar-refractivity contribution in [2.75, 3.05) is 27.3 Å². The third kappa shape index (κ3) is 3.20. The lowest BCUT2D eigenvalue weighted by molar-refractivity contribution is -0.151. The molecule has 1 aromatic carbocycles. The fraction of sp³-hybridized carbons (Fsp3) is 0.385. The fourth-order valence-electron chi connectivity index (χ4n) is 1.73. The summed E-state index contributed by atoms with van der Waals surface area (Å²) < 4.78 is 9.60. The number of hydrogen-bond acceptors (Lipinski definition) is 5. The van der Waals surface area contributed by atoms with Gasteiger partial charge in [-0.25, -0.2) is 0 Å². The quantitative estimate of drug-likeness (QED) is 0.599. The highest BCUT2D eigenvalue weighted by Gasteiger charge is 2.38. The lowest BCUT2D eigenvalue weighted by Crippen LogP contribution is -2.56. The molecule has 0 bridgehead atoms. The molecule has 1 saturated heterocycles. The van der Waals surface area contributed by atoms with E-state index in [1.165, 1.54) is 23.8 Å². The normalized spacial score (nSPS) is 17.9. The number of β-lactam (4-membered cyclic amide) rings is 1. The van der Waals surface area contributed by atoms with Gasteiger partial charge in [0.25, 0.3) is 0 Å². The molecule has 5 nitrogen and oxygen atoms in total. The number of esters is 1. The van der Waals surface area contributed by atoms with E-state index in [4.69, 9.17) is 4.74 Å². The highest BCUT2D eigenvalue weighted by molar-refractivity contribution is 8.00. The van der Waals surface area contributed by atoms with Crippen LogP contribution in [0.3, 0.4) is 0 Å². The van der Waals surface area contributed by atoms with E-state index in [1.54, 1.807) is 7.11 Å². The molecule has 102 valence electrons. The first kappa shape index (κ1) is 13.7. The van der Waals surface area contributed by atoms with Crippen molar-refractivity contribution in [1.82, 2.24) is 4.90 Å². The van der Waals surface area contributed by atoms with Crippen LogP contribution in [0, 0.1) is 0 Å². The predicted molar refractivity (Wildman–Crippen MR) is 71.2 cm³/mol. The first-order valence-electron chi connectivity index (χ1n) is 5.80. The van der Waals surface area contributed by atoms with Crippen LogP contribution < -0.4 is 4.74 Å². The summed E-state index contributed by atoms with van der Waals surface area (Å²) in [6.07, 6.45) is 0. The number of carbonyl (C=O) groups is 2. The molecular formula is C13H15NO4S. The summed E-state index contributed by atoms with van der Waals surface area (Å²) in [7, 11) is 2.93. The summed E-state index contributed by atoms with van der Waals surface area (Å²) in [4.78, 5) is 25.4. The largest absolute Gasteiger partial charge is 0.497 e. The number of nitrogens with zero attached hydrogens (tertiary/aromatic N) is 1. The van der Waals surface area contributed by atoms with Crippen LogP contribution in [-0.2, 0) is 14.3 Å². The van der Waals surface area contributed by atoms with E-state index in [1.807, 2.05) is 24.3 Å². The summed E-state index contributed by atoms with van der Waals surface area (Å²) >= 11 is 1.50. The molecule has 0 spiro atoms. The van der Waals surface area contributed by atoms with Crippen LogP contribution in [0.2, 0.25) is 0 Å². The zero-order chi connectivity index (χ0) is 13.8. The third-order valence-corrected chi connectivity index (χ3v) is 4.04. The maximum Gasteiger partial charge on any atom is 0.325 e. The Balaban J connectivity index is 1.85. The summed E-state index contributed by atoms with van der Waals surface area (Å²) in [6, 6.07) is 7.55. The monoisotopic (exact) mass is 281 g/mol. The van der Waals surface area contributed by atoms with Crippen LogP contribution in [0.5, 0.6) is 5.75 Å². The number of carbonyl (C=O) groups excluding carboxylic acids is 2. The van der Waals surface area contributed by atoms with Crippen LogP contribution in [0.25, 0.3) is 0 Å². The molecule has 19 heavy (non-hydrogen) atoms. The molecule has 0 saturated carbocycles. The van der Waals surface area contributed by atoms with Crippen LogP contribution in [0.1, 0.15) is 0 Å². The Hall–Kier alpha value is -1.69. The smallest absolute Gasteiger partial charge is 0.325 e. The molecule has 1 fully saturated rings. The van der Waals surface area contributed by atoms with E-state index < -0.39 is 0 Å². The van der Waals surface area contributed by atoms with Crippen LogP contribution in [0.4, 0.5) is 0 Å². The molecule has 0 aliphatic carbocycles. The van der Waals surface area contributed by atoms with Crippen molar-refractivity contribution in [2.24, 2.45) is 0 Å². The van der Waals surface area contributed by atoms with Crippen molar-refractivity contribution in [3.63, 3.8) is 0 Å². The van der Waals surface area contributed by atoms with Crippen LogP contribution in [0.15, 0.2) is 29.2 Å². The minimum absolute atomic E-state index is 0.0220. The zero-order valence-corrected chi connectivity index (χ0v) is 11.6. The van der Waals surface area contributed by atoms with Crippen molar-refractivity contribution >= 4 is 23.6 Å². The molecule has 0 N–H and O–H groups in total. The Bertz CT molecular complexity index is 474. The second-order valence-electron chi connectivity index (χ2n) is 4.08. The summed E-state index contributed by atoms with van der Waals surface area (Å²) in [5.74, 6) is 0.379. The van der Waals surface area contributed by atoms with Gasteiger partial charge in [0, 0.05) is 11.4 Å². The number of methoxy groups -OCH3 is 2. The van der Waals surface area contributed by atoms with E-state index >= 15 is 0 Å². The van der Waals surface area contributed by atoms with Gasteiger partial charge in [0.1, 0.15) is 17.5 Å². The minimum Gasteiger partial charge on any atom is -0.497 e. The topological polar surface area (TPSA) is 55.8 Å². The highest BCUT2D eigenvalue weighted by atomic mass is 32.2. The average molecular weight is 281 g/mol. The number of rotatable bonds is 5. The Morgan fingerprint density at radius 1 is 1.37 bits per heavy atom. The molecule has 0 aromatic heterocycles. The number of ether oxygens (including phenoxy) is 2. The third-order valence-electron chi connectivity index (χ3n) is 2.86. The number of likely N-dealkylation sites (tertiary alicyclic amines) is 1. The second kappa shape index (κ2) is 5.97. The molecule has 6 heteroatoms. The molecular weight excluding hydrogens is 266 g/mol. The number of benzene rings is 1. The molecule has 1 unspecified atom stereocenters. The van der Waals surface area contributed by atoms with E-state index in [2.05, 4.69) is 4.74 Å². The van der Waals surface area contributed by atoms with Gasteiger partial charge in [-0.3, -0.25) is 9.59 Å². The Labute approximate surface area is 115 Å². The van der Waals surface area contributed by atoms with E-state index in [0.29, 0.717) is 6.54 Å². The SMILES string of the molecule is COC(=O)CN1CC(Sc2ccc(OC)cc2)C1=O. The van der Waals surface area contributed by atoms with E-state index in [9.17, 15) is 9.59 Å². The van der Waals surface area contributed by atoms with Gasteiger partial charge in [-0.2, -0.15) is 0 Å². The van der Waals surface area contributed by atoms with Crippen molar-refractivity contribution in [1.29, 1.82) is 0 Å². The molecule has 1 heterocycles. The van der Waals surface area contributed by atoms with E-state index in [-0.39, 0.29) is 23.7 Å². The number of amides is 1. The molecule has 1 aliphatic rings. The lowest BCUT2D eigenvalue weighted by atomic mass is 10.2. The van der Waals surface area contributed by atoms with Crippen LogP contribution >= 0.6 is 11.8 Å². The van der Waals surface area contributed by atoms with Gasteiger partial charge in [0.2, 0.25) is 5.91 Å². The lowest BCUT2D eigenvalue weighted by Gasteiger charge is -2.37. The first-order chi connectivity index (χ1) is 9.13. The predicted octanol–water partition coefficient (Wildman–Crippen LogP) is 1.17. The zero-order valence-electron chi connectivity index (χ0n) is 10.8. The van der Waals surface area contributed by atoms with E-state index in [0.717, 1.165) is 10.6 Å². The second-order valence-corrected chi connectivity index (χ2v) is 5.35. The Morgan fingerprint density at radius 3 is 2.58 bits per heavy atom. The van der Waals surface area contributed by atoms with Gasteiger partial charge in [0.15, 0.2) is 0 Å². The van der Waals surface area contributed by atoms with Gasteiger partial charge in [-0.15, -0.1) is 11.8 Å². The van der Waals surface area contributed by atoms with Gasteiger partial charge < -0.3 is 14.4 Å². The van der Waals surface area contributed by atoms with Gasteiger partial charge >= 0.3 is 5.97 Å². The minimum atomic E-state index is -0.388. The maximum absolute atomic E-state index is 11.8. The van der Waals surface area contributed by atoms with Gasteiger partial charge in [0.05, 0.1) is 14.2 Å². The summed E-state index contributed by atoms with van der Waals surface area (Å²) in [5.41, 5.74) is 0. The number of hydrogen-bond donors (Lipinski definition) is 0. The molecule has 1 aromatic rings. The van der Waals surface area contributed by atoms with Gasteiger partial charge in [-0.1, -0.05) is 0 Å². The highest BCUT2D eigenvalue weighted by Crippen LogP contribution is 2.31. The molecule has 0 radical (unpaired) electrons. The van der Waals surface area contributed by atoms with Crippen molar-refractivity contribution < 1.29 is 19.1 Å². The van der Waals surface area contributed by atoms with Gasteiger partial charge in [-0.05, 0) is 24.3 Å². The average Bonchev–Trinajstić information content (AvgIpc) is 2.46.